The molecule has 0 saturated heterocycles. The molecule has 0 bridgehead atoms. The van der Waals surface area contributed by atoms with Gasteiger partial charge in [0.1, 0.15) is 0 Å². The molecule has 0 atom stereocenters. The second-order valence-corrected chi connectivity index (χ2v) is 16.6. The van der Waals surface area contributed by atoms with E-state index in [0.29, 0.717) is 0 Å². The molecule has 0 radical (unpaired) electrons. The first-order valence-corrected chi connectivity index (χ1v) is 25.1. The predicted molar refractivity (Wildman–Crippen MR) is 327 cm³/mol. The van der Waals surface area contributed by atoms with Gasteiger partial charge >= 0.3 is 40.2 Å². The van der Waals surface area contributed by atoms with Crippen LogP contribution in [0.3, 0.4) is 0 Å². The van der Waals surface area contributed by atoms with Crippen LogP contribution in [0.1, 0.15) is 0 Å². The van der Waals surface area contributed by atoms with Crippen LogP contribution in [0, 0.1) is 36.4 Å². The number of hydrogen-bond acceptors (Lipinski definition) is 12. The maximum Gasteiger partial charge on any atom is 3.00 e. The van der Waals surface area contributed by atoms with Gasteiger partial charge in [-0.25, -0.2) is 0 Å². The van der Waals surface area contributed by atoms with Gasteiger partial charge in [0.2, 0.25) is 0 Å². The fraction of sp³-hybridized carbons (Fsp3) is 0.0435. The number of methoxy groups -OCH3 is 3. The fourth-order valence-corrected chi connectivity index (χ4v) is 7.10. The molecule has 0 aliphatic carbocycles. The van der Waals surface area contributed by atoms with Gasteiger partial charge in [0, 0.05) is 71.7 Å². The molecule has 0 unspecified atom stereocenters. The molecule has 12 aromatic rings. The minimum absolute atomic E-state index is 0. The summed E-state index contributed by atoms with van der Waals surface area (Å²) in [4.78, 5) is 25.2. The molecule has 6 aromatic carbocycles. The van der Waals surface area contributed by atoms with E-state index in [9.17, 15) is 15.3 Å². The number of halogens is 1. The van der Waals surface area contributed by atoms with Gasteiger partial charge in [0.25, 0.3) is 0 Å². The average molecular weight is 1500 g/mol. The second kappa shape index (κ2) is 39.1. The Balaban J connectivity index is 0.000000265. The SMILES string of the molecule is COc1cc[c-]c(-c2ccccn2)c1.COc1cc[c-]c(-c2ccccn2)c1.COc1cc[c-]c(-c2ccccn2)c1.Cl.O.Oc1cc[c-]c(-c2ccccn2)c1.Oc1cc[c-]c(-c2ccccn2)c1.Oc1cc[c-]c(-c2ccccn2)c1.[Ir+3].[Ir+3]. The molecule has 12 rings (SSSR count). The molecule has 6 aromatic heterocycles. The van der Waals surface area contributed by atoms with Crippen LogP contribution in [-0.4, -0.2) is 72.0 Å². The number of rotatable bonds is 9. The van der Waals surface area contributed by atoms with E-state index >= 15 is 0 Å². The maximum atomic E-state index is 9.23. The van der Waals surface area contributed by atoms with Gasteiger partial charge in [0.05, 0.1) is 21.3 Å². The third-order valence-electron chi connectivity index (χ3n) is 11.0. The normalized spacial score (nSPS) is 9.35. The smallest absolute Gasteiger partial charge is 0.527 e. The Kier molecular flexibility index (Phi) is 32.1. The van der Waals surface area contributed by atoms with Gasteiger partial charge < -0.3 is 64.9 Å². The van der Waals surface area contributed by atoms with Gasteiger partial charge in [-0.2, -0.15) is 0 Å². The Morgan fingerprint density at radius 3 is 0.635 bits per heavy atom. The average Bonchev–Trinajstić information content (AvgIpc) is 3.61. The van der Waals surface area contributed by atoms with Gasteiger partial charge in [-0.3, -0.25) is 0 Å². The second-order valence-electron chi connectivity index (χ2n) is 16.6. The molecule has 0 fully saturated rings. The fourth-order valence-electron chi connectivity index (χ4n) is 7.10. The molecule has 16 heteroatoms. The van der Waals surface area contributed by atoms with Crippen LogP contribution in [0.4, 0.5) is 0 Å². The number of ether oxygens (including phenoxy) is 3. The third kappa shape index (κ3) is 23.8. The van der Waals surface area contributed by atoms with Gasteiger partial charge in [-0.1, -0.05) is 72.8 Å². The van der Waals surface area contributed by atoms with E-state index in [0.717, 1.165) is 84.8 Å². The van der Waals surface area contributed by atoms with E-state index in [2.05, 4.69) is 66.3 Å². The van der Waals surface area contributed by atoms with Crippen molar-refractivity contribution in [2.75, 3.05) is 21.3 Å². The summed E-state index contributed by atoms with van der Waals surface area (Å²) in [6.07, 6.45) is 10.4. The Labute approximate surface area is 529 Å². The number of pyridine rings is 6. The third-order valence-corrected chi connectivity index (χ3v) is 11.0. The quantitative estimate of drug-likeness (QED) is 0.116. The van der Waals surface area contributed by atoms with Crippen LogP contribution in [0.15, 0.2) is 256 Å². The topological polar surface area (TPSA) is 197 Å². The molecule has 6 heterocycles. The number of aromatic nitrogens is 6. The Bertz CT molecular complexity index is 3340. The summed E-state index contributed by atoms with van der Waals surface area (Å²) in [6, 6.07) is 84.3. The summed E-state index contributed by atoms with van der Waals surface area (Å²) in [5.41, 5.74) is 10.4. The largest absolute Gasteiger partial charge is 3.00 e. The number of aromatic hydroxyl groups is 3. The van der Waals surface area contributed by atoms with Crippen molar-refractivity contribution < 1.29 is 75.2 Å². The van der Waals surface area contributed by atoms with Crippen molar-refractivity contribution >= 4 is 12.4 Å². The van der Waals surface area contributed by atoms with E-state index in [4.69, 9.17) is 14.2 Å². The Hall–Kier alpha value is -9.43. The standard InChI is InChI=1S/3C12H10NO.3C11H8NO.ClH.2Ir.H2O/c3*1-14-11-6-4-5-10(9-11)12-7-2-3-8-13-12;3*13-10-5-3-4-9(8-10)11-6-1-2-7-12-11;;;;/h3*2-4,6-9H,1H3;3*1-3,5-8,13H;1H;;;1H2/q6*-1;;2*+3;. The zero-order valence-corrected chi connectivity index (χ0v) is 51.7. The summed E-state index contributed by atoms with van der Waals surface area (Å²) in [6.45, 7) is 0. The number of benzene rings is 6. The molecule has 5 N–H and O–H groups in total. The van der Waals surface area contributed by atoms with E-state index in [-0.39, 0.29) is 75.3 Å². The predicted octanol–water partition coefficient (Wildman–Crippen LogP) is 14.0. The van der Waals surface area contributed by atoms with E-state index in [1.165, 1.54) is 0 Å². The van der Waals surface area contributed by atoms with Gasteiger partial charge in [0.15, 0.2) is 0 Å². The van der Waals surface area contributed by atoms with Crippen molar-refractivity contribution in [1.82, 2.24) is 29.9 Å². The number of phenolic OH excluding ortho intramolecular Hbond substituents is 3. The minimum atomic E-state index is 0. The zero-order valence-electron chi connectivity index (χ0n) is 46.1. The molecule has 0 aliphatic rings. The maximum absolute atomic E-state index is 9.23. The zero-order chi connectivity index (χ0) is 56.7. The molecule has 0 spiro atoms. The van der Waals surface area contributed by atoms with Gasteiger partial charge in [-0.05, 0) is 70.6 Å². The van der Waals surface area contributed by atoms with Crippen LogP contribution < -0.4 is 14.2 Å². The van der Waals surface area contributed by atoms with Gasteiger partial charge in [-0.15, -0.1) is 191 Å². The molecule has 0 aliphatic heterocycles. The molecular formula is C69H57ClIr2N6O7. The van der Waals surface area contributed by atoms with E-state index in [1.807, 2.05) is 164 Å². The van der Waals surface area contributed by atoms with Crippen LogP contribution in [0.25, 0.3) is 67.5 Å². The van der Waals surface area contributed by atoms with Crippen molar-refractivity contribution in [2.45, 2.75) is 0 Å². The Morgan fingerprint density at radius 2 is 0.471 bits per heavy atom. The number of phenols is 3. The van der Waals surface area contributed by atoms with Crippen LogP contribution in [0.5, 0.6) is 34.5 Å². The van der Waals surface area contributed by atoms with Crippen molar-refractivity contribution in [2.24, 2.45) is 0 Å². The summed E-state index contributed by atoms with van der Waals surface area (Å²) < 4.78 is 15.4. The molecular weight excluding hydrogens is 1440 g/mol. The summed E-state index contributed by atoms with van der Waals surface area (Å²) in [5.74, 6) is 3.18. The van der Waals surface area contributed by atoms with Crippen LogP contribution >= 0.6 is 12.4 Å². The molecule has 85 heavy (non-hydrogen) atoms. The number of nitrogens with zero attached hydrogens (tertiary/aromatic N) is 6. The van der Waals surface area contributed by atoms with E-state index < -0.39 is 0 Å². The van der Waals surface area contributed by atoms with Crippen LogP contribution in [-0.2, 0) is 40.2 Å². The monoisotopic (exact) mass is 1500 g/mol. The summed E-state index contributed by atoms with van der Waals surface area (Å²) in [7, 11) is 4.95. The Morgan fingerprint density at radius 1 is 0.282 bits per heavy atom. The minimum Gasteiger partial charge on any atom is -0.527 e. The van der Waals surface area contributed by atoms with Crippen molar-refractivity contribution in [3.63, 3.8) is 0 Å². The van der Waals surface area contributed by atoms with Crippen molar-refractivity contribution in [3.05, 3.63) is 292 Å². The molecule has 430 valence electrons. The van der Waals surface area contributed by atoms with Crippen molar-refractivity contribution in [1.29, 1.82) is 0 Å². The summed E-state index contributed by atoms with van der Waals surface area (Å²) >= 11 is 0. The molecule has 13 nitrogen and oxygen atoms in total. The first-order chi connectivity index (χ1) is 39.8. The van der Waals surface area contributed by atoms with E-state index in [1.54, 1.807) is 113 Å². The molecule has 0 amide bonds. The first-order valence-electron chi connectivity index (χ1n) is 25.1. The summed E-state index contributed by atoms with van der Waals surface area (Å²) in [5, 5.41) is 27.7. The first kappa shape index (κ1) is 69.8. The molecule has 0 saturated carbocycles. The van der Waals surface area contributed by atoms with Crippen LogP contribution in [0.2, 0.25) is 0 Å². The van der Waals surface area contributed by atoms with Crippen molar-refractivity contribution in [3.8, 4) is 102 Å². The number of hydrogen-bond donors (Lipinski definition) is 3.